The monoisotopic (exact) mass is 279 g/mol. The molecule has 0 aromatic heterocycles. The van der Waals surface area contributed by atoms with Gasteiger partial charge in [-0.15, -0.1) is 0 Å². The molecule has 0 saturated carbocycles. The number of hydrogen-bond donors (Lipinski definition) is 2. The van der Waals surface area contributed by atoms with Crippen LogP contribution in [0.3, 0.4) is 0 Å². The first-order valence-corrected chi connectivity index (χ1v) is 6.48. The minimum atomic E-state index is -1.00. The summed E-state index contributed by atoms with van der Waals surface area (Å²) in [6.45, 7) is 0. The van der Waals surface area contributed by atoms with E-state index in [9.17, 15) is 9.59 Å². The largest absolute Gasteiger partial charge is 0.478 e. The molecule has 2 rings (SSSR count). The van der Waals surface area contributed by atoms with Gasteiger partial charge in [-0.05, 0) is 43.9 Å². The highest BCUT2D eigenvalue weighted by molar-refractivity contribution is 6.31. The van der Waals surface area contributed by atoms with Gasteiger partial charge in [-0.3, -0.25) is 4.79 Å². The van der Waals surface area contributed by atoms with Crippen LogP contribution >= 0.6 is 11.6 Å². The first-order chi connectivity index (χ1) is 9.08. The lowest BCUT2D eigenvalue weighted by Crippen LogP contribution is -2.21. The van der Waals surface area contributed by atoms with E-state index in [-0.39, 0.29) is 11.5 Å². The van der Waals surface area contributed by atoms with Gasteiger partial charge in [0.1, 0.15) is 0 Å². The highest BCUT2D eigenvalue weighted by Gasteiger charge is 2.23. The fourth-order valence-corrected chi connectivity index (χ4v) is 2.35. The smallest absolute Gasteiger partial charge is 0.332 e. The zero-order valence-electron chi connectivity index (χ0n) is 10.3. The average molecular weight is 280 g/mol. The third-order valence-electron chi connectivity index (χ3n) is 3.08. The molecule has 5 heteroatoms. The Morgan fingerprint density at radius 2 is 1.84 bits per heavy atom. The molecule has 0 aliphatic heterocycles. The van der Waals surface area contributed by atoms with Crippen molar-refractivity contribution < 1.29 is 14.7 Å². The fourth-order valence-electron chi connectivity index (χ4n) is 2.16. The Labute approximate surface area is 116 Å². The molecule has 100 valence electrons. The summed E-state index contributed by atoms with van der Waals surface area (Å²) in [5, 5.41) is 12.3. The first kappa shape index (κ1) is 13.6. The van der Waals surface area contributed by atoms with Gasteiger partial charge in [0.2, 0.25) is 0 Å². The molecule has 0 bridgehead atoms. The van der Waals surface area contributed by atoms with Crippen LogP contribution in [0, 0.1) is 0 Å². The van der Waals surface area contributed by atoms with Crippen LogP contribution in [-0.4, -0.2) is 17.0 Å². The Hall–Kier alpha value is -1.81. The van der Waals surface area contributed by atoms with Crippen LogP contribution in [-0.2, 0) is 9.59 Å². The summed E-state index contributed by atoms with van der Waals surface area (Å²) in [7, 11) is 0. The van der Waals surface area contributed by atoms with Gasteiger partial charge in [0.15, 0.2) is 0 Å². The number of aliphatic carboxylic acids is 1. The summed E-state index contributed by atoms with van der Waals surface area (Å²) >= 11 is 5.84. The van der Waals surface area contributed by atoms with Crippen LogP contribution in [0.5, 0.6) is 0 Å². The second-order valence-electron chi connectivity index (χ2n) is 4.43. The number of halogens is 1. The van der Waals surface area contributed by atoms with Crippen molar-refractivity contribution in [3.63, 3.8) is 0 Å². The van der Waals surface area contributed by atoms with Crippen molar-refractivity contribution in [2.24, 2.45) is 0 Å². The van der Waals surface area contributed by atoms with Crippen molar-refractivity contribution in [3.8, 4) is 0 Å². The van der Waals surface area contributed by atoms with Crippen molar-refractivity contribution in [1.82, 2.24) is 0 Å². The van der Waals surface area contributed by atoms with Gasteiger partial charge >= 0.3 is 5.97 Å². The summed E-state index contributed by atoms with van der Waals surface area (Å²) < 4.78 is 0. The fraction of sp³-hybridized carbons (Fsp3) is 0.286. The molecule has 0 saturated heterocycles. The molecule has 0 atom stereocenters. The van der Waals surface area contributed by atoms with Crippen LogP contribution in [0.1, 0.15) is 25.7 Å². The van der Waals surface area contributed by atoms with Gasteiger partial charge in [-0.2, -0.15) is 0 Å². The topological polar surface area (TPSA) is 66.4 Å². The maximum atomic E-state index is 12.1. The maximum Gasteiger partial charge on any atom is 0.332 e. The molecule has 1 aliphatic carbocycles. The number of carboxylic acid groups (broad SMARTS) is 1. The molecular formula is C14H14ClNO3. The molecule has 1 amide bonds. The minimum Gasteiger partial charge on any atom is -0.478 e. The molecule has 1 aromatic carbocycles. The number of rotatable bonds is 3. The second kappa shape index (κ2) is 5.89. The van der Waals surface area contributed by atoms with Crippen LogP contribution in [0.15, 0.2) is 35.4 Å². The number of benzene rings is 1. The molecule has 19 heavy (non-hydrogen) atoms. The number of hydrogen-bond acceptors (Lipinski definition) is 2. The van der Waals surface area contributed by atoms with E-state index in [0.29, 0.717) is 29.1 Å². The quantitative estimate of drug-likeness (QED) is 0.893. The lowest BCUT2D eigenvalue weighted by atomic mass is 9.91. The average Bonchev–Trinajstić information content (AvgIpc) is 2.38. The third kappa shape index (κ3) is 3.35. The highest BCUT2D eigenvalue weighted by Crippen LogP contribution is 2.26. The van der Waals surface area contributed by atoms with Crippen LogP contribution in [0.25, 0.3) is 0 Å². The molecule has 1 aromatic rings. The summed E-state index contributed by atoms with van der Waals surface area (Å²) in [4.78, 5) is 23.2. The molecule has 2 N–H and O–H groups in total. The van der Waals surface area contributed by atoms with E-state index in [1.54, 1.807) is 24.3 Å². The Kier molecular flexibility index (Phi) is 4.22. The molecular weight excluding hydrogens is 266 g/mol. The molecule has 0 heterocycles. The van der Waals surface area contributed by atoms with E-state index in [1.807, 2.05) is 0 Å². The Balaban J connectivity index is 2.21. The Bertz CT molecular complexity index is 551. The summed E-state index contributed by atoms with van der Waals surface area (Å²) in [5.41, 5.74) is 1.17. The van der Waals surface area contributed by atoms with E-state index in [0.717, 1.165) is 12.8 Å². The molecule has 4 nitrogen and oxygen atoms in total. The van der Waals surface area contributed by atoms with E-state index < -0.39 is 5.97 Å². The van der Waals surface area contributed by atoms with E-state index in [2.05, 4.69) is 5.32 Å². The van der Waals surface area contributed by atoms with Crippen molar-refractivity contribution in [1.29, 1.82) is 0 Å². The van der Waals surface area contributed by atoms with Crippen molar-refractivity contribution in [2.75, 3.05) is 5.32 Å². The van der Waals surface area contributed by atoms with Crippen LogP contribution < -0.4 is 5.32 Å². The maximum absolute atomic E-state index is 12.1. The molecule has 0 radical (unpaired) electrons. The second-order valence-corrected chi connectivity index (χ2v) is 4.87. The number of carboxylic acids is 1. The number of nitrogens with one attached hydrogen (secondary N) is 1. The van der Waals surface area contributed by atoms with Crippen molar-refractivity contribution in [3.05, 3.63) is 40.4 Å². The van der Waals surface area contributed by atoms with E-state index in [4.69, 9.17) is 16.7 Å². The van der Waals surface area contributed by atoms with Gasteiger partial charge in [0.25, 0.3) is 5.91 Å². The van der Waals surface area contributed by atoms with E-state index in [1.165, 1.54) is 0 Å². The van der Waals surface area contributed by atoms with Crippen molar-refractivity contribution in [2.45, 2.75) is 25.7 Å². The minimum absolute atomic E-state index is 0.228. The lowest BCUT2D eigenvalue weighted by molar-refractivity contribution is -0.133. The molecule has 0 spiro atoms. The normalized spacial score (nSPS) is 15.2. The standard InChI is InChI=1S/C14H14ClNO3/c15-9-4-3-5-10(8-9)16-13(17)11-6-1-2-7-12(11)14(18)19/h3-5,8H,1-2,6-7H2,(H,16,17)(H,18,19). The SMILES string of the molecule is O=C(O)C1=C(C(=O)Nc2cccc(Cl)c2)CCCC1. The van der Waals surface area contributed by atoms with Crippen LogP contribution in [0.2, 0.25) is 5.02 Å². The Morgan fingerprint density at radius 3 is 2.47 bits per heavy atom. The lowest BCUT2D eigenvalue weighted by Gasteiger charge is -2.17. The number of carbonyl (C=O) groups excluding carboxylic acids is 1. The Morgan fingerprint density at radius 1 is 1.16 bits per heavy atom. The zero-order chi connectivity index (χ0) is 13.8. The van der Waals surface area contributed by atoms with Gasteiger partial charge in [-0.25, -0.2) is 4.79 Å². The highest BCUT2D eigenvalue weighted by atomic mass is 35.5. The molecule has 0 unspecified atom stereocenters. The summed E-state index contributed by atoms with van der Waals surface area (Å²) in [5.74, 6) is -1.35. The summed E-state index contributed by atoms with van der Waals surface area (Å²) in [6, 6.07) is 6.78. The number of carbonyl (C=O) groups is 2. The van der Waals surface area contributed by atoms with Gasteiger partial charge in [0, 0.05) is 21.9 Å². The zero-order valence-corrected chi connectivity index (χ0v) is 11.0. The molecule has 1 aliphatic rings. The van der Waals surface area contributed by atoms with Crippen molar-refractivity contribution >= 4 is 29.2 Å². The van der Waals surface area contributed by atoms with E-state index >= 15 is 0 Å². The third-order valence-corrected chi connectivity index (χ3v) is 3.32. The number of amides is 1. The van der Waals surface area contributed by atoms with Crippen LogP contribution in [0.4, 0.5) is 5.69 Å². The van der Waals surface area contributed by atoms with Gasteiger partial charge < -0.3 is 10.4 Å². The number of anilines is 1. The van der Waals surface area contributed by atoms with Gasteiger partial charge in [0.05, 0.1) is 0 Å². The summed E-state index contributed by atoms with van der Waals surface area (Å²) in [6.07, 6.45) is 2.62. The predicted octanol–water partition coefficient (Wildman–Crippen LogP) is 3.23. The van der Waals surface area contributed by atoms with Gasteiger partial charge in [-0.1, -0.05) is 17.7 Å². The molecule has 0 fully saturated rings. The predicted molar refractivity (Wildman–Crippen MR) is 73.2 cm³/mol. The first-order valence-electron chi connectivity index (χ1n) is 6.10.